The summed E-state index contributed by atoms with van der Waals surface area (Å²) in [6.07, 6.45) is 8.94. The van der Waals surface area contributed by atoms with Crippen LogP contribution in [0.3, 0.4) is 0 Å². The quantitative estimate of drug-likeness (QED) is 0.878. The number of amides is 1. The van der Waals surface area contributed by atoms with Gasteiger partial charge in [0.05, 0.1) is 6.10 Å². The molecule has 0 atom stereocenters. The molecule has 2 aromatic rings. The number of rotatable bonds is 5. The number of aromatic nitrogens is 3. The van der Waals surface area contributed by atoms with E-state index in [2.05, 4.69) is 10.4 Å². The molecule has 4 rings (SSSR count). The van der Waals surface area contributed by atoms with Crippen molar-refractivity contribution in [2.24, 2.45) is 0 Å². The maximum Gasteiger partial charge on any atom is 0.346 e. The van der Waals surface area contributed by atoms with Gasteiger partial charge >= 0.3 is 5.69 Å². The number of hydrogen-bond acceptors (Lipinski definition) is 4. The van der Waals surface area contributed by atoms with Crippen LogP contribution in [-0.4, -0.2) is 26.4 Å². The van der Waals surface area contributed by atoms with E-state index in [4.69, 9.17) is 4.74 Å². The largest absolute Gasteiger partial charge is 0.490 e. The highest BCUT2D eigenvalue weighted by Crippen LogP contribution is 2.25. The number of ether oxygens (including phenoxy) is 1. The third kappa shape index (κ3) is 4.23. The molecule has 0 bridgehead atoms. The van der Waals surface area contributed by atoms with Crippen LogP contribution >= 0.6 is 0 Å². The van der Waals surface area contributed by atoms with Crippen LogP contribution in [-0.2, 0) is 24.3 Å². The normalized spacial score (nSPS) is 17.3. The topological polar surface area (TPSA) is 78.2 Å². The first-order chi connectivity index (χ1) is 13.2. The number of nitrogens with one attached hydrogen (secondary N) is 1. The molecular formula is C20H26N4O3. The lowest BCUT2D eigenvalue weighted by molar-refractivity contribution is -0.117. The lowest BCUT2D eigenvalue weighted by Gasteiger charge is -2.13. The van der Waals surface area contributed by atoms with Gasteiger partial charge in [0.2, 0.25) is 5.91 Å². The summed E-state index contributed by atoms with van der Waals surface area (Å²) in [5.41, 5.74) is 0.495. The number of nitrogens with zero attached hydrogens (tertiary/aromatic N) is 3. The van der Waals surface area contributed by atoms with Crippen LogP contribution < -0.4 is 15.7 Å². The molecule has 1 amide bonds. The first-order valence-corrected chi connectivity index (χ1v) is 9.92. The lowest BCUT2D eigenvalue weighted by atomic mass is 10.2. The summed E-state index contributed by atoms with van der Waals surface area (Å²) < 4.78 is 8.91. The summed E-state index contributed by atoms with van der Waals surface area (Å²) in [7, 11) is 0. The van der Waals surface area contributed by atoms with Gasteiger partial charge < -0.3 is 10.1 Å². The number of carbonyl (C=O) groups is 1. The summed E-state index contributed by atoms with van der Waals surface area (Å²) in [5, 5.41) is 7.18. The number of anilines is 1. The van der Waals surface area contributed by atoms with E-state index in [-0.39, 0.29) is 18.1 Å². The first-order valence-electron chi connectivity index (χ1n) is 9.92. The molecule has 1 aromatic heterocycles. The molecule has 1 aliphatic carbocycles. The van der Waals surface area contributed by atoms with Crippen molar-refractivity contribution < 1.29 is 9.53 Å². The lowest BCUT2D eigenvalue weighted by Crippen LogP contribution is -2.30. The van der Waals surface area contributed by atoms with Crippen molar-refractivity contribution in [3.63, 3.8) is 0 Å². The van der Waals surface area contributed by atoms with E-state index in [0.29, 0.717) is 18.3 Å². The highest BCUT2D eigenvalue weighted by atomic mass is 16.5. The zero-order chi connectivity index (χ0) is 18.6. The SMILES string of the molecule is O=C(Cn1nc2n(c1=O)CCCCC2)Nc1ccc(OC2CCCC2)cc1. The molecule has 1 fully saturated rings. The Balaban J connectivity index is 1.36. The van der Waals surface area contributed by atoms with Crippen molar-refractivity contribution in [1.82, 2.24) is 14.3 Å². The Bertz CT molecular complexity index is 847. The Kier molecular flexibility index (Phi) is 5.27. The second-order valence-electron chi connectivity index (χ2n) is 7.42. The fraction of sp³-hybridized carbons (Fsp3) is 0.550. The van der Waals surface area contributed by atoms with Crippen molar-refractivity contribution in [1.29, 1.82) is 0 Å². The Labute approximate surface area is 158 Å². The average molecular weight is 370 g/mol. The maximum absolute atomic E-state index is 12.4. The summed E-state index contributed by atoms with van der Waals surface area (Å²) >= 11 is 0. The van der Waals surface area contributed by atoms with Crippen LogP contribution in [0, 0.1) is 0 Å². The van der Waals surface area contributed by atoms with E-state index < -0.39 is 0 Å². The van der Waals surface area contributed by atoms with Gasteiger partial charge in [-0.1, -0.05) is 6.42 Å². The monoisotopic (exact) mass is 370 g/mol. The summed E-state index contributed by atoms with van der Waals surface area (Å²) in [6, 6.07) is 7.40. The van der Waals surface area contributed by atoms with Crippen LogP contribution in [0.25, 0.3) is 0 Å². The van der Waals surface area contributed by atoms with E-state index >= 15 is 0 Å². The summed E-state index contributed by atoms with van der Waals surface area (Å²) in [4.78, 5) is 24.8. The summed E-state index contributed by atoms with van der Waals surface area (Å²) in [6.45, 7) is 0.622. The van der Waals surface area contributed by atoms with Crippen LogP contribution in [0.1, 0.15) is 50.8 Å². The second-order valence-corrected chi connectivity index (χ2v) is 7.42. The standard InChI is InChI=1S/C20H26N4O3/c25-19(14-24-20(26)23-13-5-1-2-8-18(23)22-24)21-15-9-11-17(12-10-15)27-16-6-3-4-7-16/h9-12,16H,1-8,13-14H2,(H,21,25). The molecule has 2 heterocycles. The van der Waals surface area contributed by atoms with Crippen molar-refractivity contribution in [2.45, 2.75) is 70.6 Å². The Morgan fingerprint density at radius 1 is 1.11 bits per heavy atom. The van der Waals surface area contributed by atoms with Gasteiger partial charge in [0.15, 0.2) is 0 Å². The number of hydrogen-bond donors (Lipinski definition) is 1. The van der Waals surface area contributed by atoms with Crippen molar-refractivity contribution in [3.05, 3.63) is 40.6 Å². The van der Waals surface area contributed by atoms with Gasteiger partial charge in [-0.15, -0.1) is 0 Å². The Morgan fingerprint density at radius 3 is 2.67 bits per heavy atom. The zero-order valence-corrected chi connectivity index (χ0v) is 15.5. The number of fused-ring (bicyclic) bond motifs is 1. The predicted molar refractivity (Wildman–Crippen MR) is 102 cm³/mol. The summed E-state index contributed by atoms with van der Waals surface area (Å²) in [5.74, 6) is 1.36. The fourth-order valence-corrected chi connectivity index (χ4v) is 3.88. The third-order valence-corrected chi connectivity index (χ3v) is 5.32. The molecule has 1 saturated carbocycles. The third-order valence-electron chi connectivity index (χ3n) is 5.32. The predicted octanol–water partition coefficient (Wildman–Crippen LogP) is 2.73. The van der Waals surface area contributed by atoms with Crippen molar-refractivity contribution in [2.75, 3.05) is 5.32 Å². The van der Waals surface area contributed by atoms with Gasteiger partial charge in [-0.05, 0) is 62.8 Å². The molecule has 0 unspecified atom stereocenters. The molecular weight excluding hydrogens is 344 g/mol. The number of benzene rings is 1. The minimum atomic E-state index is -0.255. The van der Waals surface area contributed by atoms with Gasteiger partial charge in [-0.3, -0.25) is 9.36 Å². The molecule has 2 aliphatic rings. The van der Waals surface area contributed by atoms with Crippen molar-refractivity contribution in [3.8, 4) is 5.75 Å². The molecule has 7 heteroatoms. The minimum absolute atomic E-state index is 0.0703. The maximum atomic E-state index is 12.4. The molecule has 1 aliphatic heterocycles. The second kappa shape index (κ2) is 7.98. The number of aryl methyl sites for hydroxylation is 1. The molecule has 0 saturated heterocycles. The van der Waals surface area contributed by atoms with Gasteiger partial charge in [-0.25, -0.2) is 9.48 Å². The Hall–Kier alpha value is -2.57. The minimum Gasteiger partial charge on any atom is -0.490 e. The van der Waals surface area contributed by atoms with E-state index in [9.17, 15) is 9.59 Å². The molecule has 0 spiro atoms. The molecule has 27 heavy (non-hydrogen) atoms. The first kappa shape index (κ1) is 17.8. The van der Waals surface area contributed by atoms with E-state index in [1.165, 1.54) is 17.5 Å². The highest BCUT2D eigenvalue weighted by Gasteiger charge is 2.18. The van der Waals surface area contributed by atoms with Crippen LogP contribution in [0.15, 0.2) is 29.1 Å². The zero-order valence-electron chi connectivity index (χ0n) is 15.5. The molecule has 1 N–H and O–H groups in total. The van der Waals surface area contributed by atoms with Crippen molar-refractivity contribution >= 4 is 11.6 Å². The molecule has 0 radical (unpaired) electrons. The smallest absolute Gasteiger partial charge is 0.346 e. The molecule has 1 aromatic carbocycles. The number of carbonyl (C=O) groups excluding carboxylic acids is 1. The molecule has 7 nitrogen and oxygen atoms in total. The fourth-order valence-electron chi connectivity index (χ4n) is 3.88. The average Bonchev–Trinajstić information content (AvgIpc) is 3.19. The van der Waals surface area contributed by atoms with E-state index in [1.807, 2.05) is 24.3 Å². The van der Waals surface area contributed by atoms with Crippen LogP contribution in [0.4, 0.5) is 5.69 Å². The van der Waals surface area contributed by atoms with Gasteiger partial charge in [0.25, 0.3) is 0 Å². The Morgan fingerprint density at radius 2 is 1.89 bits per heavy atom. The van der Waals surface area contributed by atoms with Crippen LogP contribution in [0.2, 0.25) is 0 Å². The van der Waals surface area contributed by atoms with Crippen LogP contribution in [0.5, 0.6) is 5.75 Å². The molecule has 144 valence electrons. The van der Waals surface area contributed by atoms with Gasteiger partial charge in [0.1, 0.15) is 18.1 Å². The van der Waals surface area contributed by atoms with E-state index in [0.717, 1.165) is 50.1 Å². The van der Waals surface area contributed by atoms with Gasteiger partial charge in [0, 0.05) is 18.7 Å². The van der Waals surface area contributed by atoms with Gasteiger partial charge in [-0.2, -0.15) is 5.10 Å². The van der Waals surface area contributed by atoms with E-state index in [1.54, 1.807) is 4.57 Å². The highest BCUT2D eigenvalue weighted by molar-refractivity contribution is 5.90.